The van der Waals surface area contributed by atoms with E-state index in [9.17, 15) is 22.4 Å². The summed E-state index contributed by atoms with van der Waals surface area (Å²) in [5.74, 6) is 0. The minimum atomic E-state index is -4.54. The molecule has 0 saturated carbocycles. The van der Waals surface area contributed by atoms with Crippen LogP contribution in [0.3, 0.4) is 0 Å². The summed E-state index contributed by atoms with van der Waals surface area (Å²) in [5.41, 5.74) is -1.47. The van der Waals surface area contributed by atoms with Crippen molar-refractivity contribution in [1.82, 2.24) is 4.90 Å². The lowest BCUT2D eigenvalue weighted by Crippen LogP contribution is -2.46. The Kier molecular flexibility index (Phi) is 4.93. The van der Waals surface area contributed by atoms with Crippen molar-refractivity contribution >= 4 is 6.09 Å². The first-order chi connectivity index (χ1) is 10.3. The van der Waals surface area contributed by atoms with Crippen molar-refractivity contribution < 1.29 is 27.1 Å². The van der Waals surface area contributed by atoms with E-state index in [-0.39, 0.29) is 32.5 Å². The molecule has 7 heteroatoms. The van der Waals surface area contributed by atoms with Crippen LogP contribution in [0.25, 0.3) is 0 Å². The highest BCUT2D eigenvalue weighted by Gasteiger charge is 2.45. The third-order valence-corrected chi connectivity index (χ3v) is 3.64. The summed E-state index contributed by atoms with van der Waals surface area (Å²) < 4.78 is 56.0. The van der Waals surface area contributed by atoms with Crippen molar-refractivity contribution in [2.45, 2.75) is 37.7 Å². The highest BCUT2D eigenvalue weighted by atomic mass is 19.4. The molecule has 1 aliphatic rings. The minimum absolute atomic E-state index is 0.0692. The Morgan fingerprint density at radius 3 is 2.32 bits per heavy atom. The Balaban J connectivity index is 1.80. The summed E-state index contributed by atoms with van der Waals surface area (Å²) >= 11 is 0. The Morgan fingerprint density at radius 2 is 1.77 bits per heavy atom. The van der Waals surface area contributed by atoms with Crippen LogP contribution in [-0.4, -0.2) is 35.9 Å². The third-order valence-electron chi connectivity index (χ3n) is 3.64. The van der Waals surface area contributed by atoms with Crippen molar-refractivity contribution in [1.29, 1.82) is 0 Å². The molecule has 2 rings (SSSR count). The average Bonchev–Trinajstić information content (AvgIpc) is 2.44. The summed E-state index contributed by atoms with van der Waals surface area (Å²) in [7, 11) is 0. The molecule has 0 radical (unpaired) electrons. The zero-order chi connectivity index (χ0) is 16.2. The fourth-order valence-electron chi connectivity index (χ4n) is 2.44. The molecule has 1 amide bonds. The lowest BCUT2D eigenvalue weighted by Gasteiger charge is -2.36. The first kappa shape index (κ1) is 16.6. The van der Waals surface area contributed by atoms with E-state index in [1.807, 2.05) is 6.07 Å². The van der Waals surface area contributed by atoms with Gasteiger partial charge in [0.05, 0.1) is 6.42 Å². The van der Waals surface area contributed by atoms with Gasteiger partial charge in [-0.1, -0.05) is 30.3 Å². The van der Waals surface area contributed by atoms with Gasteiger partial charge >= 0.3 is 12.3 Å². The number of rotatable bonds is 3. The van der Waals surface area contributed by atoms with Gasteiger partial charge in [-0.2, -0.15) is 13.2 Å². The number of halogens is 4. The molecule has 1 saturated heterocycles. The first-order valence-corrected chi connectivity index (χ1v) is 6.99. The van der Waals surface area contributed by atoms with Crippen molar-refractivity contribution in [3.8, 4) is 0 Å². The molecular formula is C15H17F4NO2. The van der Waals surface area contributed by atoms with Crippen molar-refractivity contribution in [2.24, 2.45) is 0 Å². The molecule has 1 aliphatic heterocycles. The van der Waals surface area contributed by atoms with Gasteiger partial charge in [-0.15, -0.1) is 0 Å². The quantitative estimate of drug-likeness (QED) is 0.786. The number of ether oxygens (including phenoxy) is 1. The maximum Gasteiger partial charge on any atom is 0.410 e. The van der Waals surface area contributed by atoms with Gasteiger partial charge in [0.15, 0.2) is 0 Å². The van der Waals surface area contributed by atoms with E-state index in [1.54, 1.807) is 24.3 Å². The van der Waals surface area contributed by atoms with Gasteiger partial charge in [0.2, 0.25) is 0 Å². The number of benzene rings is 1. The molecule has 1 aromatic rings. The van der Waals surface area contributed by atoms with Crippen LogP contribution in [0.2, 0.25) is 0 Å². The Morgan fingerprint density at radius 1 is 1.18 bits per heavy atom. The normalized spacial score (nSPS) is 18.1. The average molecular weight is 319 g/mol. The zero-order valence-corrected chi connectivity index (χ0v) is 11.9. The number of piperidine rings is 1. The molecule has 0 unspecified atom stereocenters. The van der Waals surface area contributed by atoms with E-state index in [1.165, 1.54) is 4.90 Å². The predicted molar refractivity (Wildman–Crippen MR) is 71.9 cm³/mol. The molecular weight excluding hydrogens is 302 g/mol. The summed E-state index contributed by atoms with van der Waals surface area (Å²) in [5, 5.41) is 0. The molecule has 0 aromatic heterocycles. The Labute approximate surface area is 125 Å². The smallest absolute Gasteiger partial charge is 0.410 e. The molecule has 1 aromatic carbocycles. The lowest BCUT2D eigenvalue weighted by molar-refractivity contribution is -0.167. The van der Waals surface area contributed by atoms with E-state index in [0.717, 1.165) is 5.56 Å². The number of hydrogen-bond donors (Lipinski definition) is 0. The van der Waals surface area contributed by atoms with Gasteiger partial charge in [-0.05, 0) is 18.4 Å². The summed E-state index contributed by atoms with van der Waals surface area (Å²) in [6, 6.07) is 9.02. The van der Waals surface area contributed by atoms with Gasteiger partial charge < -0.3 is 9.64 Å². The second-order valence-electron chi connectivity index (χ2n) is 5.47. The molecule has 22 heavy (non-hydrogen) atoms. The van der Waals surface area contributed by atoms with Crippen LogP contribution in [-0.2, 0) is 11.3 Å². The van der Waals surface area contributed by atoms with E-state index in [0.29, 0.717) is 0 Å². The van der Waals surface area contributed by atoms with E-state index < -0.39 is 24.4 Å². The number of carbonyl (C=O) groups excluding carboxylic acids is 1. The van der Waals surface area contributed by atoms with Gasteiger partial charge in [-0.25, -0.2) is 9.18 Å². The standard InChI is InChI=1S/C15H17F4NO2/c16-14(11-15(17,18)19)6-8-20(9-7-14)13(21)22-10-12-4-2-1-3-5-12/h1-5H,6-11H2. The minimum Gasteiger partial charge on any atom is -0.445 e. The van der Waals surface area contributed by atoms with Crippen LogP contribution >= 0.6 is 0 Å². The van der Waals surface area contributed by atoms with Crippen molar-refractivity contribution in [2.75, 3.05) is 13.1 Å². The van der Waals surface area contributed by atoms with Crippen molar-refractivity contribution in [3.05, 3.63) is 35.9 Å². The van der Waals surface area contributed by atoms with E-state index in [4.69, 9.17) is 4.74 Å². The molecule has 0 N–H and O–H groups in total. The zero-order valence-electron chi connectivity index (χ0n) is 11.9. The van der Waals surface area contributed by atoms with Crippen LogP contribution in [0.1, 0.15) is 24.8 Å². The molecule has 122 valence electrons. The number of nitrogens with zero attached hydrogens (tertiary/aromatic N) is 1. The molecule has 0 spiro atoms. The first-order valence-electron chi connectivity index (χ1n) is 6.99. The van der Waals surface area contributed by atoms with Crippen LogP contribution in [0.4, 0.5) is 22.4 Å². The van der Waals surface area contributed by atoms with Gasteiger partial charge in [0, 0.05) is 13.1 Å². The predicted octanol–water partition coefficient (Wildman–Crippen LogP) is 4.08. The SMILES string of the molecule is O=C(OCc1ccccc1)N1CCC(F)(CC(F)(F)F)CC1. The molecule has 0 aliphatic carbocycles. The Bertz CT molecular complexity index is 496. The molecule has 0 bridgehead atoms. The van der Waals surface area contributed by atoms with Crippen molar-refractivity contribution in [3.63, 3.8) is 0 Å². The monoisotopic (exact) mass is 319 g/mol. The summed E-state index contributed by atoms with van der Waals surface area (Å²) in [4.78, 5) is 13.1. The number of carbonyl (C=O) groups is 1. The molecule has 1 heterocycles. The number of hydrogen-bond acceptors (Lipinski definition) is 2. The van der Waals surface area contributed by atoms with Gasteiger partial charge in [0.25, 0.3) is 0 Å². The van der Waals surface area contributed by atoms with Crippen LogP contribution < -0.4 is 0 Å². The van der Waals surface area contributed by atoms with Crippen LogP contribution in [0.15, 0.2) is 30.3 Å². The fourth-order valence-corrected chi connectivity index (χ4v) is 2.44. The number of likely N-dealkylation sites (tertiary alicyclic amines) is 1. The number of amides is 1. The largest absolute Gasteiger partial charge is 0.445 e. The summed E-state index contributed by atoms with van der Waals surface area (Å²) in [6.45, 7) is -0.0557. The third kappa shape index (κ3) is 4.89. The highest BCUT2D eigenvalue weighted by molar-refractivity contribution is 5.67. The topological polar surface area (TPSA) is 29.5 Å². The highest BCUT2D eigenvalue weighted by Crippen LogP contribution is 2.37. The van der Waals surface area contributed by atoms with Crippen LogP contribution in [0.5, 0.6) is 0 Å². The summed E-state index contributed by atoms with van der Waals surface area (Å²) in [6.07, 6.45) is -7.28. The van der Waals surface area contributed by atoms with Gasteiger partial charge in [-0.3, -0.25) is 0 Å². The maximum atomic E-state index is 14.1. The second kappa shape index (κ2) is 6.54. The lowest BCUT2D eigenvalue weighted by atomic mass is 9.90. The van der Waals surface area contributed by atoms with E-state index in [2.05, 4.69) is 0 Å². The second-order valence-corrected chi connectivity index (χ2v) is 5.47. The maximum absolute atomic E-state index is 14.1. The van der Waals surface area contributed by atoms with E-state index >= 15 is 0 Å². The fraction of sp³-hybridized carbons (Fsp3) is 0.533. The molecule has 3 nitrogen and oxygen atoms in total. The molecule has 1 fully saturated rings. The number of alkyl halides is 4. The van der Waals surface area contributed by atoms with Gasteiger partial charge in [0.1, 0.15) is 12.3 Å². The molecule has 0 atom stereocenters. The van der Waals surface area contributed by atoms with Crippen LogP contribution in [0, 0.1) is 0 Å². The Hall–Kier alpha value is -1.79.